The van der Waals surface area contributed by atoms with Gasteiger partial charge in [0.1, 0.15) is 0 Å². The first-order valence-electron chi connectivity index (χ1n) is 9.15. The molecule has 0 radical (unpaired) electrons. The van der Waals surface area contributed by atoms with Crippen molar-refractivity contribution < 1.29 is 22.7 Å². The zero-order chi connectivity index (χ0) is 21.4. The van der Waals surface area contributed by atoms with Crippen molar-refractivity contribution >= 4 is 38.1 Å². The summed E-state index contributed by atoms with van der Waals surface area (Å²) >= 11 is 1.18. The molecular weight excluding hydrogens is 426 g/mol. The number of para-hydroxylation sites is 2. The molecule has 158 valence electrons. The molecule has 0 saturated heterocycles. The number of ether oxygens (including phenoxy) is 2. The molecule has 10 heteroatoms. The maximum absolute atomic E-state index is 12.3. The largest absolute Gasteiger partial charge is 0.490 e. The maximum atomic E-state index is 12.3. The van der Waals surface area contributed by atoms with Crippen LogP contribution in [0.1, 0.15) is 13.3 Å². The topological polar surface area (TPSA) is 107 Å². The number of thiazole rings is 1. The lowest BCUT2D eigenvalue weighted by Crippen LogP contribution is -2.20. The van der Waals surface area contributed by atoms with Gasteiger partial charge in [0.2, 0.25) is 0 Å². The van der Waals surface area contributed by atoms with E-state index in [9.17, 15) is 13.2 Å². The summed E-state index contributed by atoms with van der Waals surface area (Å²) in [5.41, 5.74) is 0.451. The SMILES string of the molecule is CCCOc1ccccc1OCC(=O)Nc1ccc(S(=O)(=O)Nc2nccs2)cc1. The molecule has 0 aliphatic heterocycles. The fraction of sp³-hybridized carbons (Fsp3) is 0.200. The van der Waals surface area contributed by atoms with Gasteiger partial charge in [-0.25, -0.2) is 13.4 Å². The average molecular weight is 448 g/mol. The summed E-state index contributed by atoms with van der Waals surface area (Å²) in [6.07, 6.45) is 2.37. The Morgan fingerprint density at radius 2 is 1.77 bits per heavy atom. The van der Waals surface area contributed by atoms with Crippen molar-refractivity contribution in [2.24, 2.45) is 0 Å². The van der Waals surface area contributed by atoms with Crippen LogP contribution in [0, 0.1) is 0 Å². The number of benzene rings is 2. The Hall–Kier alpha value is -3.11. The molecule has 3 aromatic rings. The van der Waals surface area contributed by atoms with E-state index in [0.29, 0.717) is 23.8 Å². The van der Waals surface area contributed by atoms with Crippen LogP contribution in [-0.4, -0.2) is 32.5 Å². The summed E-state index contributed by atoms with van der Waals surface area (Å²) < 4.78 is 38.2. The lowest BCUT2D eigenvalue weighted by molar-refractivity contribution is -0.118. The van der Waals surface area contributed by atoms with Crippen molar-refractivity contribution in [2.45, 2.75) is 18.2 Å². The lowest BCUT2D eigenvalue weighted by atomic mass is 10.3. The van der Waals surface area contributed by atoms with Crippen LogP contribution in [0.5, 0.6) is 11.5 Å². The lowest BCUT2D eigenvalue weighted by Gasteiger charge is -2.12. The second kappa shape index (κ2) is 10.1. The first-order chi connectivity index (χ1) is 14.5. The highest BCUT2D eigenvalue weighted by Crippen LogP contribution is 2.26. The third kappa shape index (κ3) is 5.94. The van der Waals surface area contributed by atoms with Crippen LogP contribution in [0.25, 0.3) is 0 Å². The van der Waals surface area contributed by atoms with Gasteiger partial charge < -0.3 is 14.8 Å². The van der Waals surface area contributed by atoms with E-state index >= 15 is 0 Å². The maximum Gasteiger partial charge on any atom is 0.263 e. The van der Waals surface area contributed by atoms with Gasteiger partial charge in [-0.2, -0.15) is 0 Å². The molecule has 3 rings (SSSR count). The van der Waals surface area contributed by atoms with Crippen LogP contribution in [0.4, 0.5) is 10.8 Å². The van der Waals surface area contributed by atoms with Crippen molar-refractivity contribution in [2.75, 3.05) is 23.3 Å². The molecule has 0 atom stereocenters. The zero-order valence-corrected chi connectivity index (χ0v) is 17.8. The number of amides is 1. The summed E-state index contributed by atoms with van der Waals surface area (Å²) in [5, 5.41) is 4.63. The van der Waals surface area contributed by atoms with Crippen LogP contribution < -0.4 is 19.5 Å². The average Bonchev–Trinajstić information content (AvgIpc) is 3.24. The molecular formula is C20H21N3O5S2. The summed E-state index contributed by atoms with van der Waals surface area (Å²) in [4.78, 5) is 16.2. The van der Waals surface area contributed by atoms with E-state index in [1.54, 1.807) is 23.6 Å². The number of aromatic nitrogens is 1. The standard InChI is InChI=1S/C20H21N3O5S2/c1-2-12-27-17-5-3-4-6-18(17)28-14-19(24)22-15-7-9-16(10-8-15)30(25,26)23-20-21-11-13-29-20/h3-11,13H,2,12,14H2,1H3,(H,21,23)(H,22,24). The van der Waals surface area contributed by atoms with Gasteiger partial charge in [0.15, 0.2) is 23.2 Å². The molecule has 1 aromatic heterocycles. The third-order valence-electron chi connectivity index (χ3n) is 3.77. The van der Waals surface area contributed by atoms with Gasteiger partial charge in [-0.05, 0) is 42.8 Å². The van der Waals surface area contributed by atoms with E-state index in [1.165, 1.54) is 41.8 Å². The smallest absolute Gasteiger partial charge is 0.263 e. The molecule has 0 unspecified atom stereocenters. The van der Waals surface area contributed by atoms with E-state index in [-0.39, 0.29) is 22.5 Å². The minimum Gasteiger partial charge on any atom is -0.490 e. The molecule has 2 N–H and O–H groups in total. The fourth-order valence-corrected chi connectivity index (χ4v) is 4.19. The van der Waals surface area contributed by atoms with Gasteiger partial charge in [0.25, 0.3) is 15.9 Å². The highest BCUT2D eigenvalue weighted by Gasteiger charge is 2.15. The zero-order valence-electron chi connectivity index (χ0n) is 16.2. The van der Waals surface area contributed by atoms with Gasteiger partial charge >= 0.3 is 0 Å². The number of carbonyl (C=O) groups is 1. The molecule has 1 heterocycles. The molecule has 30 heavy (non-hydrogen) atoms. The minimum absolute atomic E-state index is 0.0638. The van der Waals surface area contributed by atoms with Crippen LogP contribution in [0.15, 0.2) is 65.0 Å². The highest BCUT2D eigenvalue weighted by molar-refractivity contribution is 7.93. The van der Waals surface area contributed by atoms with Gasteiger partial charge in [-0.15, -0.1) is 11.3 Å². The predicted molar refractivity (Wildman–Crippen MR) is 116 cm³/mol. The number of sulfonamides is 1. The molecule has 0 aliphatic carbocycles. The molecule has 0 bridgehead atoms. The molecule has 0 fully saturated rings. The van der Waals surface area contributed by atoms with Gasteiger partial charge in [0, 0.05) is 17.3 Å². The number of carbonyl (C=O) groups excluding carboxylic acids is 1. The third-order valence-corrected chi connectivity index (χ3v) is 5.94. The number of hydrogen-bond donors (Lipinski definition) is 2. The highest BCUT2D eigenvalue weighted by atomic mass is 32.2. The summed E-state index contributed by atoms with van der Waals surface area (Å²) in [6.45, 7) is 2.35. The van der Waals surface area contributed by atoms with E-state index in [0.717, 1.165) is 6.42 Å². The van der Waals surface area contributed by atoms with Crippen molar-refractivity contribution in [1.82, 2.24) is 4.98 Å². The van der Waals surface area contributed by atoms with Crippen LogP contribution in [0.2, 0.25) is 0 Å². The van der Waals surface area contributed by atoms with Crippen molar-refractivity contribution in [3.8, 4) is 11.5 Å². The summed E-state index contributed by atoms with van der Waals surface area (Å²) in [6, 6.07) is 13.0. The Kier molecular flexibility index (Phi) is 7.26. The number of nitrogens with one attached hydrogen (secondary N) is 2. The van der Waals surface area contributed by atoms with Gasteiger partial charge in [0.05, 0.1) is 11.5 Å². The van der Waals surface area contributed by atoms with E-state index in [1.807, 2.05) is 13.0 Å². The Bertz CT molecular complexity index is 1070. The van der Waals surface area contributed by atoms with Gasteiger partial charge in [-0.3, -0.25) is 9.52 Å². The minimum atomic E-state index is -3.74. The number of anilines is 2. The molecule has 8 nitrogen and oxygen atoms in total. The van der Waals surface area contributed by atoms with Gasteiger partial charge in [-0.1, -0.05) is 19.1 Å². The quantitative estimate of drug-likeness (QED) is 0.490. The molecule has 1 amide bonds. The van der Waals surface area contributed by atoms with Crippen molar-refractivity contribution in [3.05, 3.63) is 60.1 Å². The molecule has 0 aliphatic rings. The molecule has 2 aromatic carbocycles. The first-order valence-corrected chi connectivity index (χ1v) is 11.5. The Labute approximate surface area is 178 Å². The second-order valence-corrected chi connectivity index (χ2v) is 8.68. The Morgan fingerprint density at radius 1 is 1.07 bits per heavy atom. The van der Waals surface area contributed by atoms with E-state index in [2.05, 4.69) is 15.0 Å². The van der Waals surface area contributed by atoms with Crippen molar-refractivity contribution in [1.29, 1.82) is 0 Å². The second-order valence-electron chi connectivity index (χ2n) is 6.10. The summed E-state index contributed by atoms with van der Waals surface area (Å²) in [5.74, 6) is 0.682. The van der Waals surface area contributed by atoms with E-state index < -0.39 is 10.0 Å². The normalized spacial score (nSPS) is 11.0. The number of hydrogen-bond acceptors (Lipinski definition) is 7. The number of rotatable bonds is 10. The number of nitrogens with zero attached hydrogens (tertiary/aromatic N) is 1. The van der Waals surface area contributed by atoms with Crippen molar-refractivity contribution in [3.63, 3.8) is 0 Å². The molecule has 0 spiro atoms. The van der Waals surface area contributed by atoms with Crippen LogP contribution in [0.3, 0.4) is 0 Å². The Morgan fingerprint density at radius 3 is 2.40 bits per heavy atom. The van der Waals surface area contributed by atoms with E-state index in [4.69, 9.17) is 9.47 Å². The first kappa shape index (κ1) is 21.6. The fourth-order valence-electron chi connectivity index (χ4n) is 2.41. The Balaban J connectivity index is 1.56. The molecule has 0 saturated carbocycles. The predicted octanol–water partition coefficient (Wildman–Crippen LogP) is 3.75. The van der Waals surface area contributed by atoms with Crippen LogP contribution >= 0.6 is 11.3 Å². The van der Waals surface area contributed by atoms with Crippen LogP contribution in [-0.2, 0) is 14.8 Å². The summed E-state index contributed by atoms with van der Waals surface area (Å²) in [7, 11) is -3.74. The monoisotopic (exact) mass is 447 g/mol.